The van der Waals surface area contributed by atoms with E-state index in [0.29, 0.717) is 18.4 Å². The highest BCUT2D eigenvalue weighted by molar-refractivity contribution is 5.85. The summed E-state index contributed by atoms with van der Waals surface area (Å²) in [4.78, 5) is 16.2. The number of carbonyl (C=O) groups excluding carboxylic acids is 1. The van der Waals surface area contributed by atoms with Crippen LogP contribution in [0.25, 0.3) is 5.69 Å². The molecule has 2 aromatic rings. The van der Waals surface area contributed by atoms with Gasteiger partial charge in [-0.3, -0.25) is 0 Å². The number of hydrogen-bond acceptors (Lipinski definition) is 4. The number of nitrogens with zero attached hydrogens (tertiary/aromatic N) is 3. The molecule has 1 aliphatic rings. The number of ether oxygens (including phenoxy) is 1. The second-order valence-corrected chi connectivity index (χ2v) is 5.08. The molecular formula is C15H17N3O2. The van der Waals surface area contributed by atoms with Crippen LogP contribution in [0.1, 0.15) is 42.6 Å². The monoisotopic (exact) mass is 271 g/mol. The van der Waals surface area contributed by atoms with Crippen LogP contribution in [-0.4, -0.2) is 27.3 Å². The van der Waals surface area contributed by atoms with Crippen molar-refractivity contribution < 1.29 is 9.53 Å². The van der Waals surface area contributed by atoms with Gasteiger partial charge in [0.05, 0.1) is 12.3 Å². The van der Waals surface area contributed by atoms with Gasteiger partial charge < -0.3 is 4.74 Å². The minimum Gasteiger partial charge on any atom is -0.460 e. The second kappa shape index (κ2) is 5.07. The number of rotatable bonds is 4. The Morgan fingerprint density at radius 3 is 2.70 bits per heavy atom. The first-order chi connectivity index (χ1) is 9.70. The lowest BCUT2D eigenvalue weighted by Crippen LogP contribution is -2.07. The Bertz CT molecular complexity index is 621. The Morgan fingerprint density at radius 1 is 1.40 bits per heavy atom. The standard InChI is InChI=1S/C15H17N3O2/c1-3-20-15(19)13-16-14(12-9-10(12)2)18(17-13)11-7-5-4-6-8-11/h4-8,10,12H,3,9H2,1-2H3. The number of hydrogen-bond donors (Lipinski definition) is 0. The number of esters is 1. The van der Waals surface area contributed by atoms with Crippen molar-refractivity contribution in [3.8, 4) is 5.69 Å². The fourth-order valence-electron chi connectivity index (χ4n) is 2.29. The smallest absolute Gasteiger partial charge is 0.378 e. The third-order valence-corrected chi connectivity index (χ3v) is 3.53. The van der Waals surface area contributed by atoms with E-state index in [-0.39, 0.29) is 5.82 Å². The molecule has 1 fully saturated rings. The molecule has 1 saturated carbocycles. The zero-order chi connectivity index (χ0) is 14.1. The topological polar surface area (TPSA) is 57.0 Å². The molecule has 2 unspecified atom stereocenters. The summed E-state index contributed by atoms with van der Waals surface area (Å²) in [6, 6.07) is 9.76. The van der Waals surface area contributed by atoms with E-state index in [1.165, 1.54) is 0 Å². The summed E-state index contributed by atoms with van der Waals surface area (Å²) in [7, 11) is 0. The van der Waals surface area contributed by atoms with Crippen molar-refractivity contribution in [3.63, 3.8) is 0 Å². The summed E-state index contributed by atoms with van der Waals surface area (Å²) in [5.74, 6) is 1.51. The van der Waals surface area contributed by atoms with Crippen LogP contribution in [0.4, 0.5) is 0 Å². The van der Waals surface area contributed by atoms with Gasteiger partial charge in [0.2, 0.25) is 0 Å². The van der Waals surface area contributed by atoms with E-state index >= 15 is 0 Å². The molecule has 0 saturated heterocycles. The van der Waals surface area contributed by atoms with Gasteiger partial charge in [-0.25, -0.2) is 14.5 Å². The Labute approximate surface area is 117 Å². The fraction of sp³-hybridized carbons (Fsp3) is 0.400. The van der Waals surface area contributed by atoms with Gasteiger partial charge in [0.1, 0.15) is 5.82 Å². The molecule has 0 amide bonds. The number of benzene rings is 1. The Kier molecular flexibility index (Phi) is 3.26. The highest BCUT2D eigenvalue weighted by Gasteiger charge is 2.39. The lowest BCUT2D eigenvalue weighted by molar-refractivity contribution is 0.0512. The van der Waals surface area contributed by atoms with E-state index < -0.39 is 5.97 Å². The maximum Gasteiger partial charge on any atom is 0.378 e. The summed E-state index contributed by atoms with van der Waals surface area (Å²) >= 11 is 0. The first-order valence-electron chi connectivity index (χ1n) is 6.90. The van der Waals surface area contributed by atoms with E-state index in [2.05, 4.69) is 17.0 Å². The molecule has 104 valence electrons. The van der Waals surface area contributed by atoms with E-state index in [1.807, 2.05) is 30.3 Å². The van der Waals surface area contributed by atoms with Crippen LogP contribution in [0.15, 0.2) is 30.3 Å². The van der Waals surface area contributed by atoms with Crippen molar-refractivity contribution >= 4 is 5.97 Å². The maximum absolute atomic E-state index is 11.8. The van der Waals surface area contributed by atoms with Gasteiger partial charge in [-0.15, -0.1) is 5.10 Å². The van der Waals surface area contributed by atoms with Crippen molar-refractivity contribution in [2.24, 2.45) is 5.92 Å². The summed E-state index contributed by atoms with van der Waals surface area (Å²) in [5.41, 5.74) is 0.921. The SMILES string of the molecule is CCOC(=O)c1nc(C2CC2C)n(-c2ccccc2)n1. The molecule has 3 rings (SSSR count). The third-order valence-electron chi connectivity index (χ3n) is 3.53. The molecule has 1 heterocycles. The van der Waals surface area contributed by atoms with Gasteiger partial charge in [0.25, 0.3) is 5.82 Å². The van der Waals surface area contributed by atoms with Crippen molar-refractivity contribution in [1.29, 1.82) is 0 Å². The van der Waals surface area contributed by atoms with Crippen molar-refractivity contribution in [2.75, 3.05) is 6.61 Å². The largest absolute Gasteiger partial charge is 0.460 e. The summed E-state index contributed by atoms with van der Waals surface area (Å²) in [6.07, 6.45) is 1.09. The first kappa shape index (κ1) is 12.8. The minimum atomic E-state index is -0.461. The van der Waals surface area contributed by atoms with Crippen LogP contribution in [0, 0.1) is 5.92 Å². The van der Waals surface area contributed by atoms with Crippen LogP contribution in [0.5, 0.6) is 0 Å². The van der Waals surface area contributed by atoms with Gasteiger partial charge in [-0.2, -0.15) is 0 Å². The Morgan fingerprint density at radius 2 is 2.10 bits per heavy atom. The van der Waals surface area contributed by atoms with Crippen LogP contribution in [-0.2, 0) is 4.74 Å². The molecule has 0 spiro atoms. The van der Waals surface area contributed by atoms with Crippen LogP contribution < -0.4 is 0 Å². The molecule has 1 aromatic carbocycles. The summed E-state index contributed by atoms with van der Waals surface area (Å²) < 4.78 is 6.75. The van der Waals surface area contributed by atoms with E-state index in [9.17, 15) is 4.79 Å². The molecule has 1 aliphatic carbocycles. The van der Waals surface area contributed by atoms with Gasteiger partial charge in [0, 0.05) is 5.92 Å². The molecule has 0 N–H and O–H groups in total. The van der Waals surface area contributed by atoms with E-state index in [4.69, 9.17) is 4.74 Å². The van der Waals surface area contributed by atoms with Gasteiger partial charge in [-0.1, -0.05) is 25.1 Å². The van der Waals surface area contributed by atoms with E-state index in [0.717, 1.165) is 17.9 Å². The molecule has 5 nitrogen and oxygen atoms in total. The maximum atomic E-state index is 11.8. The van der Waals surface area contributed by atoms with E-state index in [1.54, 1.807) is 11.6 Å². The number of carbonyl (C=O) groups is 1. The zero-order valence-electron chi connectivity index (χ0n) is 11.6. The van der Waals surface area contributed by atoms with Gasteiger partial charge in [-0.05, 0) is 31.4 Å². The minimum absolute atomic E-state index is 0.143. The van der Waals surface area contributed by atoms with Crippen LogP contribution >= 0.6 is 0 Å². The third kappa shape index (κ3) is 2.31. The highest BCUT2D eigenvalue weighted by atomic mass is 16.5. The first-order valence-corrected chi connectivity index (χ1v) is 6.90. The molecule has 1 aromatic heterocycles. The average molecular weight is 271 g/mol. The molecule has 2 atom stereocenters. The zero-order valence-corrected chi connectivity index (χ0v) is 11.6. The van der Waals surface area contributed by atoms with Crippen molar-refractivity contribution in [1.82, 2.24) is 14.8 Å². The van der Waals surface area contributed by atoms with Crippen LogP contribution in [0.2, 0.25) is 0 Å². The highest BCUT2D eigenvalue weighted by Crippen LogP contribution is 2.46. The molecule has 0 aliphatic heterocycles. The summed E-state index contributed by atoms with van der Waals surface area (Å²) in [6.45, 7) is 4.28. The van der Waals surface area contributed by atoms with Crippen LogP contribution in [0.3, 0.4) is 0 Å². The lowest BCUT2D eigenvalue weighted by atomic mass is 10.3. The molecule has 0 radical (unpaired) electrons. The molecule has 20 heavy (non-hydrogen) atoms. The fourth-order valence-corrected chi connectivity index (χ4v) is 2.29. The lowest BCUT2D eigenvalue weighted by Gasteiger charge is -2.04. The summed E-state index contributed by atoms with van der Waals surface area (Å²) in [5, 5.41) is 4.33. The normalized spacial score (nSPS) is 20.7. The van der Waals surface area contributed by atoms with Crippen molar-refractivity contribution in [2.45, 2.75) is 26.2 Å². The Hall–Kier alpha value is -2.17. The Balaban J connectivity index is 2.01. The number of para-hydroxylation sites is 1. The molecule has 5 heteroatoms. The second-order valence-electron chi connectivity index (χ2n) is 5.08. The molecular weight excluding hydrogens is 254 g/mol. The average Bonchev–Trinajstić information content (AvgIpc) is 3.03. The van der Waals surface area contributed by atoms with Gasteiger partial charge >= 0.3 is 5.97 Å². The predicted molar refractivity (Wildman–Crippen MR) is 73.8 cm³/mol. The predicted octanol–water partition coefficient (Wildman–Crippen LogP) is 2.57. The quantitative estimate of drug-likeness (QED) is 0.802. The number of aromatic nitrogens is 3. The van der Waals surface area contributed by atoms with Crippen molar-refractivity contribution in [3.05, 3.63) is 42.0 Å². The van der Waals surface area contributed by atoms with Gasteiger partial charge in [0.15, 0.2) is 0 Å². The molecule has 0 bridgehead atoms.